The fourth-order valence-corrected chi connectivity index (χ4v) is 4.61. The minimum absolute atomic E-state index is 0.0518. The lowest BCUT2D eigenvalue weighted by Gasteiger charge is -2.29. The largest absolute Gasteiger partial charge is 0.468 e. The highest BCUT2D eigenvalue weighted by atomic mass is 127. The molecule has 1 aliphatic carbocycles. The van der Waals surface area contributed by atoms with Gasteiger partial charge in [-0.25, -0.2) is 0 Å². The first kappa shape index (κ1) is 21.4. The molecule has 0 spiro atoms. The quantitative estimate of drug-likeness (QED) is 0.276. The van der Waals surface area contributed by atoms with Crippen molar-refractivity contribution < 1.29 is 28.6 Å². The van der Waals surface area contributed by atoms with E-state index in [1.165, 1.54) is 21.3 Å². The van der Waals surface area contributed by atoms with Crippen molar-refractivity contribution in [2.24, 2.45) is 10.8 Å². The van der Waals surface area contributed by atoms with Gasteiger partial charge in [0.15, 0.2) is 5.41 Å². The molecule has 1 aromatic carbocycles. The number of ether oxygens (including phenoxy) is 3. The lowest BCUT2D eigenvalue weighted by atomic mass is 9.74. The Hall–Kier alpha value is -1.90. The summed E-state index contributed by atoms with van der Waals surface area (Å²) in [7, 11) is 3.75. The Bertz CT molecular complexity index is 751. The predicted molar refractivity (Wildman–Crippen MR) is 107 cm³/mol. The van der Waals surface area contributed by atoms with Gasteiger partial charge < -0.3 is 14.2 Å². The van der Waals surface area contributed by atoms with Gasteiger partial charge in [-0.05, 0) is 41.4 Å². The molecule has 1 fully saturated rings. The predicted octanol–water partition coefficient (Wildman–Crippen LogP) is 3.14. The average molecular weight is 486 g/mol. The number of rotatable bonds is 5. The molecule has 1 aromatic rings. The lowest BCUT2D eigenvalue weighted by molar-refractivity contribution is -0.170. The SMILES string of the molecule is COC(=O)C1(C(=O)OC)C/C(=C/I)C(Cc2ccc(C)cc2)(C(=O)OC)C1. The van der Waals surface area contributed by atoms with Gasteiger partial charge in [-0.3, -0.25) is 14.4 Å². The summed E-state index contributed by atoms with van der Waals surface area (Å²) in [5.41, 5.74) is -0.0495. The first-order valence-electron chi connectivity index (χ1n) is 8.40. The maximum Gasteiger partial charge on any atom is 0.323 e. The Labute approximate surface area is 172 Å². The minimum atomic E-state index is -1.57. The van der Waals surface area contributed by atoms with Crippen LogP contribution in [-0.2, 0) is 35.0 Å². The zero-order valence-electron chi connectivity index (χ0n) is 15.8. The van der Waals surface area contributed by atoms with Crippen molar-refractivity contribution in [2.45, 2.75) is 26.2 Å². The summed E-state index contributed by atoms with van der Waals surface area (Å²) < 4.78 is 16.7. The van der Waals surface area contributed by atoms with Crippen LogP contribution in [-0.4, -0.2) is 39.2 Å². The van der Waals surface area contributed by atoms with Crippen LogP contribution in [0.2, 0.25) is 0 Å². The van der Waals surface area contributed by atoms with E-state index in [0.717, 1.165) is 11.1 Å². The number of esters is 3. The van der Waals surface area contributed by atoms with Crippen molar-refractivity contribution in [3.8, 4) is 0 Å². The molecule has 6 nitrogen and oxygen atoms in total. The van der Waals surface area contributed by atoms with Crippen molar-refractivity contribution in [3.05, 3.63) is 45.0 Å². The number of carbonyl (C=O) groups excluding carboxylic acids is 3. The van der Waals surface area contributed by atoms with Crippen molar-refractivity contribution in [3.63, 3.8) is 0 Å². The van der Waals surface area contributed by atoms with Crippen LogP contribution >= 0.6 is 22.6 Å². The van der Waals surface area contributed by atoms with E-state index in [2.05, 4.69) is 0 Å². The fraction of sp³-hybridized carbons (Fsp3) is 0.450. The van der Waals surface area contributed by atoms with Gasteiger partial charge in [0.1, 0.15) is 0 Å². The van der Waals surface area contributed by atoms with Gasteiger partial charge in [0, 0.05) is 0 Å². The third kappa shape index (κ3) is 3.74. The van der Waals surface area contributed by atoms with Gasteiger partial charge in [-0.15, -0.1) is 0 Å². The highest BCUT2D eigenvalue weighted by molar-refractivity contribution is 14.1. The normalized spacial score (nSPS) is 22.3. The second-order valence-electron chi connectivity index (χ2n) is 6.79. The molecule has 1 saturated carbocycles. The number of halogens is 1. The molecular weight excluding hydrogens is 463 g/mol. The third-order valence-corrected chi connectivity index (χ3v) is 5.95. The summed E-state index contributed by atoms with van der Waals surface area (Å²) >= 11 is 2.03. The molecule has 0 bridgehead atoms. The maximum atomic E-state index is 12.9. The van der Waals surface area contributed by atoms with E-state index in [1.807, 2.05) is 53.8 Å². The minimum Gasteiger partial charge on any atom is -0.468 e. The zero-order valence-corrected chi connectivity index (χ0v) is 18.0. The number of benzene rings is 1. The van der Waals surface area contributed by atoms with Gasteiger partial charge in [-0.2, -0.15) is 0 Å². The Kier molecular flexibility index (Phi) is 6.67. The standard InChI is InChI=1S/C20H23IO6/c1-13-5-7-14(8-6-13)9-19(16(22)25-2)12-20(17(23)26-3,18(24)27-4)10-15(19)11-21/h5-8,11H,9-10,12H2,1-4H3/b15-11-. The third-order valence-electron chi connectivity index (χ3n) is 5.20. The van der Waals surface area contributed by atoms with E-state index in [1.54, 1.807) is 4.08 Å². The molecule has 7 heteroatoms. The molecular formula is C20H23IO6. The van der Waals surface area contributed by atoms with Crippen LogP contribution in [0.4, 0.5) is 0 Å². The molecule has 1 atom stereocenters. The van der Waals surface area contributed by atoms with Crippen LogP contribution in [0, 0.1) is 17.8 Å². The van der Waals surface area contributed by atoms with Crippen molar-refractivity contribution in [1.29, 1.82) is 0 Å². The molecule has 27 heavy (non-hydrogen) atoms. The van der Waals surface area contributed by atoms with Gasteiger partial charge in [0.05, 0.1) is 26.7 Å². The van der Waals surface area contributed by atoms with E-state index in [-0.39, 0.29) is 12.8 Å². The van der Waals surface area contributed by atoms with E-state index in [4.69, 9.17) is 14.2 Å². The fourth-order valence-electron chi connectivity index (χ4n) is 3.79. The Morgan fingerprint density at radius 3 is 1.96 bits per heavy atom. The van der Waals surface area contributed by atoms with E-state index in [0.29, 0.717) is 12.0 Å². The molecule has 0 aliphatic heterocycles. The smallest absolute Gasteiger partial charge is 0.323 e. The Morgan fingerprint density at radius 2 is 1.52 bits per heavy atom. The first-order valence-corrected chi connectivity index (χ1v) is 9.64. The van der Waals surface area contributed by atoms with Gasteiger partial charge in [0.25, 0.3) is 0 Å². The van der Waals surface area contributed by atoms with Gasteiger partial charge in [-0.1, -0.05) is 52.4 Å². The molecule has 0 aromatic heterocycles. The van der Waals surface area contributed by atoms with Crippen LogP contribution in [0.3, 0.4) is 0 Å². The topological polar surface area (TPSA) is 78.9 Å². The lowest BCUT2D eigenvalue weighted by Crippen LogP contribution is -2.42. The van der Waals surface area contributed by atoms with Crippen LogP contribution in [0.5, 0.6) is 0 Å². The zero-order chi connectivity index (χ0) is 20.2. The average Bonchev–Trinajstić information content (AvgIpc) is 3.04. The maximum absolute atomic E-state index is 12.9. The molecule has 0 saturated heterocycles. The number of carbonyl (C=O) groups is 3. The molecule has 146 valence electrons. The van der Waals surface area contributed by atoms with Crippen LogP contribution in [0.1, 0.15) is 24.0 Å². The molecule has 0 heterocycles. The van der Waals surface area contributed by atoms with E-state index < -0.39 is 28.7 Å². The summed E-state index contributed by atoms with van der Waals surface area (Å²) in [6, 6.07) is 7.77. The molecule has 0 amide bonds. The summed E-state index contributed by atoms with van der Waals surface area (Å²) in [4.78, 5) is 38.1. The summed E-state index contributed by atoms with van der Waals surface area (Å²) in [5, 5.41) is 0. The number of aryl methyl sites for hydroxylation is 1. The van der Waals surface area contributed by atoms with Gasteiger partial charge >= 0.3 is 17.9 Å². The second kappa shape index (κ2) is 8.41. The first-order chi connectivity index (χ1) is 12.8. The van der Waals surface area contributed by atoms with Crippen LogP contribution < -0.4 is 0 Å². The summed E-state index contributed by atoms with van der Waals surface area (Å²) in [6.45, 7) is 1.98. The van der Waals surface area contributed by atoms with E-state index in [9.17, 15) is 14.4 Å². The van der Waals surface area contributed by atoms with Crippen LogP contribution in [0.15, 0.2) is 33.9 Å². The van der Waals surface area contributed by atoms with E-state index >= 15 is 0 Å². The van der Waals surface area contributed by atoms with Gasteiger partial charge in [0.2, 0.25) is 0 Å². The Balaban J connectivity index is 2.61. The van der Waals surface area contributed by atoms with Crippen molar-refractivity contribution in [1.82, 2.24) is 0 Å². The number of hydrogen-bond donors (Lipinski definition) is 0. The molecule has 0 N–H and O–H groups in total. The molecule has 2 rings (SSSR count). The highest BCUT2D eigenvalue weighted by Gasteiger charge is 2.64. The summed E-state index contributed by atoms with van der Waals surface area (Å²) in [5.74, 6) is -1.90. The van der Waals surface area contributed by atoms with Crippen molar-refractivity contribution in [2.75, 3.05) is 21.3 Å². The number of methoxy groups -OCH3 is 3. The molecule has 1 unspecified atom stereocenters. The monoisotopic (exact) mass is 486 g/mol. The number of hydrogen-bond acceptors (Lipinski definition) is 6. The molecule has 1 aliphatic rings. The van der Waals surface area contributed by atoms with Crippen molar-refractivity contribution >= 4 is 40.5 Å². The Morgan fingerprint density at radius 1 is 1.00 bits per heavy atom. The molecule has 0 radical (unpaired) electrons. The van der Waals surface area contributed by atoms with Crippen LogP contribution in [0.25, 0.3) is 0 Å². The second-order valence-corrected chi connectivity index (χ2v) is 7.41. The highest BCUT2D eigenvalue weighted by Crippen LogP contribution is 2.56. The summed E-state index contributed by atoms with van der Waals surface area (Å²) in [6.07, 6.45) is 0.301.